The summed E-state index contributed by atoms with van der Waals surface area (Å²) in [5.74, 6) is 1.37. The highest BCUT2D eigenvalue weighted by Crippen LogP contribution is 2.63. The SMILES string of the molecule is C=C1CC[C@H]2[C@H](CN=[N+]=[N-])[C@@H]([C@@]3(C)Cc4cnn(-c5ccccc5)c4C[C@@H]3CO)CC[C@]12C. The largest absolute Gasteiger partial charge is 0.396 e. The first kappa shape index (κ1) is 22.2. The quantitative estimate of drug-likeness (QED) is 0.269. The molecule has 1 aromatic heterocycles. The maximum atomic E-state index is 10.6. The minimum absolute atomic E-state index is 0.0623. The van der Waals surface area contributed by atoms with Crippen molar-refractivity contribution in [2.45, 2.75) is 52.4 Å². The van der Waals surface area contributed by atoms with Crippen LogP contribution in [0.1, 0.15) is 50.8 Å². The highest BCUT2D eigenvalue weighted by Gasteiger charge is 2.56. The third-order valence-electron chi connectivity index (χ3n) is 9.71. The molecule has 33 heavy (non-hydrogen) atoms. The Morgan fingerprint density at radius 2 is 2.03 bits per heavy atom. The van der Waals surface area contributed by atoms with Crippen LogP contribution in [0.2, 0.25) is 0 Å². The fourth-order valence-electron chi connectivity index (χ4n) is 7.69. The van der Waals surface area contributed by atoms with Crippen LogP contribution in [0.4, 0.5) is 0 Å². The van der Waals surface area contributed by atoms with E-state index in [0.717, 1.165) is 44.2 Å². The van der Waals surface area contributed by atoms with Gasteiger partial charge in [0.25, 0.3) is 0 Å². The average molecular weight is 446 g/mol. The topological polar surface area (TPSA) is 86.8 Å². The van der Waals surface area contributed by atoms with Crippen molar-refractivity contribution in [3.05, 3.63) is 70.4 Å². The molecular formula is C27H35N5O. The summed E-state index contributed by atoms with van der Waals surface area (Å²) in [6, 6.07) is 10.3. The molecule has 2 aromatic rings. The molecule has 2 saturated carbocycles. The normalized spacial score (nSPS) is 35.5. The number of aromatic nitrogens is 2. The van der Waals surface area contributed by atoms with Crippen molar-refractivity contribution in [1.29, 1.82) is 0 Å². The summed E-state index contributed by atoms with van der Waals surface area (Å²) in [6.45, 7) is 9.87. The molecule has 3 aliphatic rings. The number of nitrogens with zero attached hydrogens (tertiary/aromatic N) is 5. The number of azide groups is 1. The van der Waals surface area contributed by atoms with Gasteiger partial charge in [0.1, 0.15) is 0 Å². The second kappa shape index (κ2) is 8.34. The smallest absolute Gasteiger partial charge is 0.0648 e. The standard InChI is InChI=1S/C27H35N5O/c1-18-9-10-23-22(16-29-31-28)24(11-12-26(18,23)2)27(3)14-19-15-30-32(21-7-5-4-6-8-21)25(19)13-20(27)17-33/h4-8,15,20,22-24,33H,1,9-14,16-17H2,2-3H3/t20-,22+,23+,24+,26-,27+/m1/s1. The first-order valence-electron chi connectivity index (χ1n) is 12.3. The van der Waals surface area contributed by atoms with Gasteiger partial charge in [0.05, 0.1) is 11.9 Å². The van der Waals surface area contributed by atoms with Crippen molar-refractivity contribution < 1.29 is 5.11 Å². The van der Waals surface area contributed by atoms with Crippen molar-refractivity contribution in [3.8, 4) is 5.69 Å². The molecule has 6 heteroatoms. The van der Waals surface area contributed by atoms with Crippen LogP contribution in [0.5, 0.6) is 0 Å². The van der Waals surface area contributed by atoms with E-state index in [1.165, 1.54) is 16.8 Å². The predicted molar refractivity (Wildman–Crippen MR) is 130 cm³/mol. The molecule has 1 N–H and O–H groups in total. The molecule has 0 bridgehead atoms. The number of fused-ring (bicyclic) bond motifs is 2. The van der Waals surface area contributed by atoms with E-state index < -0.39 is 0 Å². The van der Waals surface area contributed by atoms with E-state index in [1.54, 1.807) is 0 Å². The predicted octanol–water partition coefficient (Wildman–Crippen LogP) is 5.89. The molecule has 1 aromatic carbocycles. The Morgan fingerprint density at radius 3 is 2.76 bits per heavy atom. The van der Waals surface area contributed by atoms with E-state index in [2.05, 4.69) is 42.6 Å². The zero-order valence-electron chi connectivity index (χ0n) is 19.8. The van der Waals surface area contributed by atoms with E-state index in [0.29, 0.717) is 24.3 Å². The van der Waals surface area contributed by atoms with Crippen LogP contribution in [-0.2, 0) is 12.8 Å². The van der Waals surface area contributed by atoms with Crippen LogP contribution in [-0.4, -0.2) is 28.0 Å². The fraction of sp³-hybridized carbons (Fsp3) is 0.593. The molecule has 0 amide bonds. The monoisotopic (exact) mass is 445 g/mol. The molecule has 6 nitrogen and oxygen atoms in total. The van der Waals surface area contributed by atoms with Crippen LogP contribution in [0, 0.1) is 34.5 Å². The first-order valence-corrected chi connectivity index (χ1v) is 12.3. The average Bonchev–Trinajstić information content (AvgIpc) is 3.37. The lowest BCUT2D eigenvalue weighted by Gasteiger charge is -2.55. The Balaban J connectivity index is 1.52. The molecule has 6 atom stereocenters. The molecule has 0 saturated heterocycles. The third kappa shape index (κ3) is 3.43. The van der Waals surface area contributed by atoms with Gasteiger partial charge in [0.15, 0.2) is 0 Å². The highest BCUT2D eigenvalue weighted by molar-refractivity contribution is 5.37. The van der Waals surface area contributed by atoms with E-state index in [-0.39, 0.29) is 23.4 Å². The van der Waals surface area contributed by atoms with Crippen LogP contribution < -0.4 is 0 Å². The van der Waals surface area contributed by atoms with E-state index in [1.807, 2.05) is 29.1 Å². The fourth-order valence-corrected chi connectivity index (χ4v) is 7.69. The summed E-state index contributed by atoms with van der Waals surface area (Å²) in [5, 5.41) is 19.4. The van der Waals surface area contributed by atoms with E-state index in [4.69, 9.17) is 10.6 Å². The summed E-state index contributed by atoms with van der Waals surface area (Å²) in [5.41, 5.74) is 14.2. The van der Waals surface area contributed by atoms with Gasteiger partial charge < -0.3 is 5.11 Å². The molecular weight excluding hydrogens is 410 g/mol. The Bertz CT molecular complexity index is 1090. The minimum Gasteiger partial charge on any atom is -0.396 e. The molecule has 3 aliphatic carbocycles. The number of hydrogen-bond donors (Lipinski definition) is 1. The zero-order chi connectivity index (χ0) is 23.2. The highest BCUT2D eigenvalue weighted by atomic mass is 16.3. The Morgan fingerprint density at radius 1 is 1.24 bits per heavy atom. The van der Waals surface area contributed by atoms with Crippen molar-refractivity contribution in [1.82, 2.24) is 9.78 Å². The van der Waals surface area contributed by atoms with E-state index in [9.17, 15) is 5.11 Å². The molecule has 0 spiro atoms. The summed E-state index contributed by atoms with van der Waals surface area (Å²) in [6.07, 6.45) is 8.19. The van der Waals surface area contributed by atoms with Gasteiger partial charge in [-0.3, -0.25) is 0 Å². The summed E-state index contributed by atoms with van der Waals surface area (Å²) < 4.78 is 2.05. The summed E-state index contributed by atoms with van der Waals surface area (Å²) in [7, 11) is 0. The molecule has 0 radical (unpaired) electrons. The molecule has 5 rings (SSSR count). The second-order valence-corrected chi connectivity index (χ2v) is 11.0. The lowest BCUT2D eigenvalue weighted by atomic mass is 9.49. The van der Waals surface area contributed by atoms with Gasteiger partial charge >= 0.3 is 0 Å². The maximum absolute atomic E-state index is 10.6. The summed E-state index contributed by atoms with van der Waals surface area (Å²) >= 11 is 0. The lowest BCUT2D eigenvalue weighted by Crippen LogP contribution is -2.52. The Kier molecular flexibility index (Phi) is 5.62. The van der Waals surface area contributed by atoms with Gasteiger partial charge in [-0.1, -0.05) is 49.3 Å². The number of allylic oxidation sites excluding steroid dienone is 1. The molecule has 0 unspecified atom stereocenters. The molecule has 174 valence electrons. The van der Waals surface area contributed by atoms with Gasteiger partial charge in [0, 0.05) is 23.8 Å². The van der Waals surface area contributed by atoms with Crippen LogP contribution in [0.15, 0.2) is 53.8 Å². The molecule has 1 heterocycles. The molecule has 2 fully saturated rings. The minimum atomic E-state index is -0.0623. The Labute approximate surface area is 196 Å². The maximum Gasteiger partial charge on any atom is 0.0648 e. The van der Waals surface area contributed by atoms with Crippen molar-refractivity contribution in [3.63, 3.8) is 0 Å². The summed E-state index contributed by atoms with van der Waals surface area (Å²) in [4.78, 5) is 3.14. The van der Waals surface area contributed by atoms with Gasteiger partial charge in [0.2, 0.25) is 0 Å². The van der Waals surface area contributed by atoms with Gasteiger partial charge in [-0.25, -0.2) is 4.68 Å². The van der Waals surface area contributed by atoms with Gasteiger partial charge in [-0.2, -0.15) is 5.10 Å². The van der Waals surface area contributed by atoms with Crippen molar-refractivity contribution >= 4 is 0 Å². The molecule has 0 aliphatic heterocycles. The van der Waals surface area contributed by atoms with Crippen molar-refractivity contribution in [2.75, 3.05) is 13.2 Å². The van der Waals surface area contributed by atoms with Crippen LogP contribution in [0.25, 0.3) is 16.1 Å². The number of aliphatic hydroxyl groups excluding tert-OH is 1. The van der Waals surface area contributed by atoms with Crippen LogP contribution in [0.3, 0.4) is 0 Å². The lowest BCUT2D eigenvalue weighted by molar-refractivity contribution is -0.0537. The first-order chi connectivity index (χ1) is 15.9. The van der Waals surface area contributed by atoms with Crippen molar-refractivity contribution in [2.24, 2.45) is 39.6 Å². The van der Waals surface area contributed by atoms with Gasteiger partial charge in [-0.15, -0.1) is 0 Å². The third-order valence-corrected chi connectivity index (χ3v) is 9.71. The number of aliphatic hydroxyl groups is 1. The second-order valence-electron chi connectivity index (χ2n) is 11.0. The number of rotatable bonds is 5. The zero-order valence-corrected chi connectivity index (χ0v) is 19.8. The number of para-hydroxylation sites is 1. The Hall–Kier alpha value is -2.56. The van der Waals surface area contributed by atoms with Crippen LogP contribution >= 0.6 is 0 Å². The van der Waals surface area contributed by atoms with E-state index >= 15 is 0 Å². The number of hydrogen-bond acceptors (Lipinski definition) is 3. The van der Waals surface area contributed by atoms with Gasteiger partial charge in [-0.05, 0) is 96.3 Å². The number of benzene rings is 1.